The van der Waals surface area contributed by atoms with Crippen LogP contribution in [0.4, 0.5) is 5.82 Å². The molecule has 0 aliphatic heterocycles. The Kier molecular flexibility index (Phi) is 5.56. The van der Waals surface area contributed by atoms with Crippen molar-refractivity contribution in [2.75, 3.05) is 19.5 Å². The maximum Gasteiger partial charge on any atom is 0.278 e. The van der Waals surface area contributed by atoms with Crippen LogP contribution in [0.2, 0.25) is 0 Å². The molecule has 0 aliphatic rings. The molecule has 8 nitrogen and oxygen atoms in total. The summed E-state index contributed by atoms with van der Waals surface area (Å²) < 4.78 is 16.0. The first-order valence-corrected chi connectivity index (χ1v) is 9.36. The molecule has 2 heterocycles. The van der Waals surface area contributed by atoms with E-state index in [2.05, 4.69) is 25.7 Å². The van der Waals surface area contributed by atoms with E-state index in [-0.39, 0.29) is 0 Å². The summed E-state index contributed by atoms with van der Waals surface area (Å²) in [5, 5.41) is 15.7. The third-order valence-electron chi connectivity index (χ3n) is 4.57. The summed E-state index contributed by atoms with van der Waals surface area (Å²) in [4.78, 5) is 4.41. The van der Waals surface area contributed by atoms with Gasteiger partial charge in [-0.3, -0.25) is 0 Å². The molecule has 0 unspecified atom stereocenters. The van der Waals surface area contributed by atoms with Crippen molar-refractivity contribution in [3.05, 3.63) is 65.7 Å². The smallest absolute Gasteiger partial charge is 0.278 e. The lowest BCUT2D eigenvalue weighted by Gasteiger charge is -2.11. The number of hydrogen-bond acceptors (Lipinski definition) is 8. The molecule has 0 aliphatic carbocycles. The predicted molar refractivity (Wildman–Crippen MR) is 112 cm³/mol. The van der Waals surface area contributed by atoms with Crippen LogP contribution in [-0.4, -0.2) is 34.6 Å². The van der Waals surface area contributed by atoms with Gasteiger partial charge in [0.2, 0.25) is 5.82 Å². The molecule has 0 amide bonds. The molecule has 4 aromatic rings. The van der Waals surface area contributed by atoms with E-state index in [9.17, 15) is 0 Å². The Bertz CT molecular complexity index is 1120. The summed E-state index contributed by atoms with van der Waals surface area (Å²) in [7, 11) is 3.26. The van der Waals surface area contributed by atoms with Crippen LogP contribution in [0.5, 0.6) is 11.5 Å². The summed E-state index contributed by atoms with van der Waals surface area (Å²) in [5.41, 5.74) is 3.50. The van der Waals surface area contributed by atoms with E-state index in [1.165, 1.54) is 5.56 Å². The topological polar surface area (TPSA) is 95.2 Å². The van der Waals surface area contributed by atoms with Crippen LogP contribution >= 0.6 is 0 Å². The average molecular weight is 403 g/mol. The summed E-state index contributed by atoms with van der Waals surface area (Å²) in [6.07, 6.45) is 0. The Hall–Kier alpha value is -3.94. The van der Waals surface area contributed by atoms with E-state index < -0.39 is 0 Å². The van der Waals surface area contributed by atoms with Crippen LogP contribution < -0.4 is 14.8 Å². The molecule has 0 atom stereocenters. The molecule has 0 spiro atoms. The third-order valence-corrected chi connectivity index (χ3v) is 4.57. The van der Waals surface area contributed by atoms with Gasteiger partial charge in [0.05, 0.1) is 14.2 Å². The zero-order valence-electron chi connectivity index (χ0n) is 16.9. The summed E-state index contributed by atoms with van der Waals surface area (Å²) in [6, 6.07) is 17.1. The third kappa shape index (κ3) is 4.22. The number of nitrogens with one attached hydrogen (secondary N) is 1. The second kappa shape index (κ2) is 8.60. The van der Waals surface area contributed by atoms with Gasteiger partial charge in [0.15, 0.2) is 5.69 Å². The van der Waals surface area contributed by atoms with E-state index in [1.807, 2.05) is 55.5 Å². The minimum Gasteiger partial charge on any atom is -0.497 e. The second-order valence-corrected chi connectivity index (χ2v) is 6.62. The highest BCUT2D eigenvalue weighted by atomic mass is 16.5. The van der Waals surface area contributed by atoms with Crippen LogP contribution in [-0.2, 0) is 6.54 Å². The molecule has 1 N–H and O–H groups in total. The number of anilines is 1. The normalized spacial score (nSPS) is 10.6. The van der Waals surface area contributed by atoms with Crippen LogP contribution in [0.15, 0.2) is 59.1 Å². The van der Waals surface area contributed by atoms with Gasteiger partial charge in [-0.2, -0.15) is 4.98 Å². The molecule has 4 rings (SSSR count). The maximum atomic E-state index is 5.40. The van der Waals surface area contributed by atoms with Crippen LogP contribution in [0, 0.1) is 6.92 Å². The lowest BCUT2D eigenvalue weighted by molar-refractivity contribution is 0.399. The first-order valence-electron chi connectivity index (χ1n) is 9.36. The van der Waals surface area contributed by atoms with Crippen LogP contribution in [0.3, 0.4) is 0 Å². The lowest BCUT2D eigenvalue weighted by Crippen LogP contribution is -2.04. The van der Waals surface area contributed by atoms with Gasteiger partial charge in [0, 0.05) is 17.7 Å². The number of aromatic nitrogens is 4. The fourth-order valence-corrected chi connectivity index (χ4v) is 2.89. The molecule has 152 valence electrons. The fourth-order valence-electron chi connectivity index (χ4n) is 2.89. The Morgan fingerprint density at radius 1 is 0.933 bits per heavy atom. The molecule has 0 saturated carbocycles. The number of methoxy groups -OCH3 is 2. The highest BCUT2D eigenvalue weighted by molar-refractivity contribution is 5.58. The Morgan fingerprint density at radius 3 is 2.47 bits per heavy atom. The number of aryl methyl sites for hydroxylation is 1. The van der Waals surface area contributed by atoms with Crippen molar-refractivity contribution < 1.29 is 14.0 Å². The standard InChI is InChI=1S/C22H21N5O3/c1-14-4-6-15(7-5-14)21-24-22(30-27-21)18-9-11-20(26-25-18)23-13-16-12-17(28-2)8-10-19(16)29-3/h4-12H,13H2,1-3H3,(H,23,26). The van der Waals surface area contributed by atoms with Crippen molar-refractivity contribution in [1.82, 2.24) is 20.3 Å². The monoisotopic (exact) mass is 403 g/mol. The number of rotatable bonds is 7. The molecule has 0 bridgehead atoms. The van der Waals surface area contributed by atoms with Gasteiger partial charge in [-0.05, 0) is 37.3 Å². The Balaban J connectivity index is 1.45. The van der Waals surface area contributed by atoms with Crippen LogP contribution in [0.1, 0.15) is 11.1 Å². The number of nitrogens with zero attached hydrogens (tertiary/aromatic N) is 4. The first-order chi connectivity index (χ1) is 14.7. The minimum absolute atomic E-state index is 0.319. The molecule has 2 aromatic carbocycles. The summed E-state index contributed by atoms with van der Waals surface area (Å²) >= 11 is 0. The van der Waals surface area contributed by atoms with E-state index >= 15 is 0 Å². The van der Waals surface area contributed by atoms with Gasteiger partial charge in [0.1, 0.15) is 17.3 Å². The molecular weight excluding hydrogens is 382 g/mol. The van der Waals surface area contributed by atoms with Crippen molar-refractivity contribution in [1.29, 1.82) is 0 Å². The molecule has 2 aromatic heterocycles. The molecular formula is C22H21N5O3. The highest BCUT2D eigenvalue weighted by Gasteiger charge is 2.13. The number of hydrogen-bond donors (Lipinski definition) is 1. The summed E-state index contributed by atoms with van der Waals surface area (Å²) in [5.74, 6) is 2.97. The van der Waals surface area contributed by atoms with Crippen molar-refractivity contribution in [3.8, 4) is 34.5 Å². The highest BCUT2D eigenvalue weighted by Crippen LogP contribution is 2.25. The van der Waals surface area contributed by atoms with Crippen LogP contribution in [0.25, 0.3) is 23.0 Å². The largest absolute Gasteiger partial charge is 0.497 e. The zero-order valence-corrected chi connectivity index (χ0v) is 16.9. The van der Waals surface area contributed by atoms with Crippen molar-refractivity contribution >= 4 is 5.82 Å². The predicted octanol–water partition coefficient (Wildman–Crippen LogP) is 4.13. The SMILES string of the molecule is COc1ccc(OC)c(CNc2ccc(-c3nc(-c4ccc(C)cc4)no3)nn2)c1. The van der Waals surface area contributed by atoms with E-state index in [0.29, 0.717) is 29.8 Å². The molecule has 30 heavy (non-hydrogen) atoms. The number of ether oxygens (including phenoxy) is 2. The Morgan fingerprint density at radius 2 is 1.77 bits per heavy atom. The van der Waals surface area contributed by atoms with Gasteiger partial charge in [0.25, 0.3) is 5.89 Å². The quantitative estimate of drug-likeness (QED) is 0.492. The van der Waals surface area contributed by atoms with E-state index in [4.69, 9.17) is 14.0 Å². The maximum absolute atomic E-state index is 5.40. The van der Waals surface area contributed by atoms with Crippen molar-refractivity contribution in [2.24, 2.45) is 0 Å². The minimum atomic E-state index is 0.319. The molecule has 0 fully saturated rings. The van der Waals surface area contributed by atoms with Gasteiger partial charge < -0.3 is 19.3 Å². The van der Waals surface area contributed by atoms with E-state index in [0.717, 1.165) is 22.6 Å². The Labute approximate surface area is 173 Å². The van der Waals surface area contributed by atoms with Crippen molar-refractivity contribution in [2.45, 2.75) is 13.5 Å². The number of benzene rings is 2. The molecule has 0 radical (unpaired) electrons. The fraction of sp³-hybridized carbons (Fsp3) is 0.182. The van der Waals surface area contributed by atoms with Gasteiger partial charge in [-0.15, -0.1) is 10.2 Å². The zero-order chi connectivity index (χ0) is 20.9. The summed E-state index contributed by atoms with van der Waals surface area (Å²) in [6.45, 7) is 2.54. The lowest BCUT2D eigenvalue weighted by atomic mass is 10.1. The van der Waals surface area contributed by atoms with Gasteiger partial charge >= 0.3 is 0 Å². The second-order valence-electron chi connectivity index (χ2n) is 6.62. The van der Waals surface area contributed by atoms with Crippen molar-refractivity contribution in [3.63, 3.8) is 0 Å². The van der Waals surface area contributed by atoms with E-state index in [1.54, 1.807) is 20.3 Å². The van der Waals surface area contributed by atoms with Gasteiger partial charge in [-0.1, -0.05) is 35.0 Å². The first kappa shape index (κ1) is 19.4. The van der Waals surface area contributed by atoms with Gasteiger partial charge in [-0.25, -0.2) is 0 Å². The average Bonchev–Trinajstić information content (AvgIpc) is 3.28. The molecule has 0 saturated heterocycles. The molecule has 8 heteroatoms.